The fraction of sp³-hybridized carbons (Fsp3) is 0.0741. The van der Waals surface area contributed by atoms with Crippen LogP contribution in [0.3, 0.4) is 0 Å². The summed E-state index contributed by atoms with van der Waals surface area (Å²) in [5, 5.41) is 0. The Morgan fingerprint density at radius 2 is 1.28 bits per heavy atom. The van der Waals surface area contributed by atoms with Gasteiger partial charge in [-0.15, -0.1) is 0 Å². The van der Waals surface area contributed by atoms with Crippen molar-refractivity contribution in [2.24, 2.45) is 0 Å². The molecule has 0 saturated heterocycles. The van der Waals surface area contributed by atoms with E-state index in [1.807, 2.05) is 42.6 Å². The summed E-state index contributed by atoms with van der Waals surface area (Å²) in [4.78, 5) is 21.1. The Labute approximate surface area is 185 Å². The molecule has 0 spiro atoms. The molecule has 0 unspecified atom stereocenters. The quantitative estimate of drug-likeness (QED) is 0.350. The van der Waals surface area contributed by atoms with Crippen LogP contribution in [0.5, 0.6) is 0 Å². The first kappa shape index (κ1) is 18.5. The Bertz CT molecular complexity index is 1570. The molecule has 0 radical (unpaired) electrons. The number of H-pyrrole nitrogens is 2. The predicted molar refractivity (Wildman–Crippen MR) is 131 cm³/mol. The molecular formula is C27H21N5. The fourth-order valence-corrected chi connectivity index (χ4v) is 4.21. The highest BCUT2D eigenvalue weighted by molar-refractivity contribution is 5.88. The first-order chi connectivity index (χ1) is 15.7. The number of aromatic amines is 2. The molecule has 4 aromatic heterocycles. The molecule has 5 heteroatoms. The number of nitrogens with zero attached hydrogens (tertiary/aromatic N) is 3. The first-order valence-electron chi connectivity index (χ1n) is 10.8. The van der Waals surface area contributed by atoms with Crippen molar-refractivity contribution in [2.75, 3.05) is 0 Å². The third-order valence-electron chi connectivity index (χ3n) is 5.68. The highest BCUT2D eigenvalue weighted by Gasteiger charge is 2.10. The minimum Gasteiger partial charge on any atom is -0.355 e. The van der Waals surface area contributed by atoms with Crippen molar-refractivity contribution in [3.8, 4) is 11.1 Å². The molecule has 0 amide bonds. The van der Waals surface area contributed by atoms with Crippen LogP contribution in [0.15, 0.2) is 60.8 Å². The molecule has 0 fully saturated rings. The summed E-state index contributed by atoms with van der Waals surface area (Å²) >= 11 is 0. The highest BCUT2D eigenvalue weighted by atomic mass is 14.8. The summed E-state index contributed by atoms with van der Waals surface area (Å²) in [5.74, 6) is 0. The van der Waals surface area contributed by atoms with Crippen molar-refractivity contribution in [2.45, 2.75) is 13.3 Å². The highest BCUT2D eigenvalue weighted by Crippen LogP contribution is 2.29. The minimum atomic E-state index is 0.870. The molecule has 6 rings (SSSR count). The lowest BCUT2D eigenvalue weighted by Crippen LogP contribution is -1.90. The van der Waals surface area contributed by atoms with Gasteiger partial charge >= 0.3 is 0 Å². The summed E-state index contributed by atoms with van der Waals surface area (Å²) in [6.07, 6.45) is 10.9. The second-order valence-electron chi connectivity index (χ2n) is 7.94. The van der Waals surface area contributed by atoms with Gasteiger partial charge in [-0.2, -0.15) is 0 Å². The molecule has 2 aliphatic rings. The molecule has 2 aliphatic heterocycles. The van der Waals surface area contributed by atoms with Gasteiger partial charge in [-0.1, -0.05) is 13.0 Å². The lowest BCUT2D eigenvalue weighted by atomic mass is 10.0. The SMILES string of the molecule is CCc1ncccc1-c1cc2cc3nc(cc4ccc(cc5nc(cc1[nH]2)C=C5)[nH]4)C=C3. The third-order valence-corrected chi connectivity index (χ3v) is 5.68. The van der Waals surface area contributed by atoms with Gasteiger partial charge in [0.2, 0.25) is 0 Å². The molecule has 8 bridgehead atoms. The van der Waals surface area contributed by atoms with Crippen molar-refractivity contribution in [3.63, 3.8) is 0 Å². The zero-order chi connectivity index (χ0) is 21.5. The van der Waals surface area contributed by atoms with Crippen molar-refractivity contribution in [1.82, 2.24) is 24.9 Å². The molecule has 154 valence electrons. The van der Waals surface area contributed by atoms with Crippen LogP contribution < -0.4 is 0 Å². The second-order valence-corrected chi connectivity index (χ2v) is 7.94. The largest absolute Gasteiger partial charge is 0.355 e. The van der Waals surface area contributed by atoms with Gasteiger partial charge in [0.05, 0.1) is 22.8 Å². The summed E-state index contributed by atoms with van der Waals surface area (Å²) in [6, 6.07) is 18.7. The molecule has 0 aliphatic carbocycles. The third kappa shape index (κ3) is 3.44. The first-order valence-corrected chi connectivity index (χ1v) is 10.8. The smallest absolute Gasteiger partial charge is 0.0658 e. The number of hydrogen-bond acceptors (Lipinski definition) is 3. The van der Waals surface area contributed by atoms with Gasteiger partial charge in [0.1, 0.15) is 0 Å². The Morgan fingerprint density at radius 1 is 0.656 bits per heavy atom. The normalized spacial score (nSPS) is 12.4. The predicted octanol–water partition coefficient (Wildman–Crippen LogP) is 6.28. The molecular weight excluding hydrogens is 394 g/mol. The van der Waals surface area contributed by atoms with Crippen LogP contribution in [0.2, 0.25) is 0 Å². The molecule has 0 saturated carbocycles. The molecule has 0 aromatic carbocycles. The molecule has 4 aromatic rings. The molecule has 0 atom stereocenters. The van der Waals surface area contributed by atoms with Gasteiger partial charge < -0.3 is 9.97 Å². The average Bonchev–Trinajstić information content (AvgIpc) is 3.59. The van der Waals surface area contributed by atoms with E-state index in [-0.39, 0.29) is 0 Å². The Morgan fingerprint density at radius 3 is 1.94 bits per heavy atom. The van der Waals surface area contributed by atoms with Crippen LogP contribution in [0.25, 0.3) is 57.5 Å². The maximum atomic E-state index is 4.80. The van der Waals surface area contributed by atoms with Crippen molar-refractivity contribution in [3.05, 3.63) is 89.3 Å². The summed E-state index contributed by atoms with van der Waals surface area (Å²) in [6.45, 7) is 2.13. The van der Waals surface area contributed by atoms with E-state index < -0.39 is 0 Å². The van der Waals surface area contributed by atoms with Crippen molar-refractivity contribution < 1.29 is 0 Å². The lowest BCUT2D eigenvalue weighted by molar-refractivity contribution is 1.04. The van der Waals surface area contributed by atoms with Crippen LogP contribution in [-0.4, -0.2) is 24.9 Å². The Balaban J connectivity index is 1.68. The van der Waals surface area contributed by atoms with Gasteiger partial charge in [0.25, 0.3) is 0 Å². The van der Waals surface area contributed by atoms with E-state index in [4.69, 9.17) is 9.97 Å². The van der Waals surface area contributed by atoms with Crippen molar-refractivity contribution in [1.29, 1.82) is 0 Å². The zero-order valence-corrected chi connectivity index (χ0v) is 17.6. The number of pyridine rings is 1. The number of aryl methyl sites for hydroxylation is 1. The van der Waals surface area contributed by atoms with E-state index in [0.29, 0.717) is 0 Å². The maximum absolute atomic E-state index is 4.80. The maximum Gasteiger partial charge on any atom is 0.0658 e. The van der Waals surface area contributed by atoms with Gasteiger partial charge in [0, 0.05) is 45.1 Å². The van der Waals surface area contributed by atoms with E-state index in [9.17, 15) is 0 Å². The number of hydrogen-bond donors (Lipinski definition) is 2. The van der Waals surface area contributed by atoms with Crippen molar-refractivity contribution >= 4 is 46.4 Å². The minimum absolute atomic E-state index is 0.870. The van der Waals surface area contributed by atoms with Crippen LogP contribution in [-0.2, 0) is 6.42 Å². The lowest BCUT2D eigenvalue weighted by Gasteiger charge is -2.04. The van der Waals surface area contributed by atoms with Gasteiger partial charge in [0.15, 0.2) is 0 Å². The van der Waals surface area contributed by atoms with Gasteiger partial charge in [-0.25, -0.2) is 9.97 Å². The number of fused-ring (bicyclic) bond motifs is 8. The Kier molecular flexibility index (Phi) is 4.32. The van der Waals surface area contributed by atoms with Gasteiger partial charge in [-0.3, -0.25) is 4.98 Å². The standard InChI is InChI=1S/C27H21N5/c1-2-26-24(4-3-11-28-26)25-15-23-14-21-8-7-19(30-21)12-17-5-6-18(29-17)13-20-9-10-22(31-20)16-27(25)32-23/h3-16,29,32H,2H2,1H3. The number of aromatic nitrogens is 5. The van der Waals surface area contributed by atoms with E-state index in [1.165, 1.54) is 0 Å². The zero-order valence-electron chi connectivity index (χ0n) is 17.6. The van der Waals surface area contributed by atoms with E-state index in [2.05, 4.69) is 64.3 Å². The van der Waals surface area contributed by atoms with E-state index in [0.717, 1.165) is 68.1 Å². The van der Waals surface area contributed by atoms with E-state index in [1.54, 1.807) is 0 Å². The molecule has 32 heavy (non-hydrogen) atoms. The van der Waals surface area contributed by atoms with Crippen LogP contribution in [0.1, 0.15) is 35.4 Å². The average molecular weight is 416 g/mol. The van der Waals surface area contributed by atoms with E-state index >= 15 is 0 Å². The topological polar surface area (TPSA) is 70.2 Å². The van der Waals surface area contributed by atoms with Crippen LogP contribution in [0.4, 0.5) is 0 Å². The monoisotopic (exact) mass is 415 g/mol. The second kappa shape index (κ2) is 7.46. The molecule has 2 N–H and O–H groups in total. The summed E-state index contributed by atoms with van der Waals surface area (Å²) < 4.78 is 0. The number of rotatable bonds is 2. The summed E-state index contributed by atoms with van der Waals surface area (Å²) in [7, 11) is 0. The summed E-state index contributed by atoms with van der Waals surface area (Å²) in [5.41, 5.74) is 11.0. The molecule has 5 nitrogen and oxygen atoms in total. The van der Waals surface area contributed by atoms with Gasteiger partial charge in [-0.05, 0) is 79.3 Å². The number of nitrogens with one attached hydrogen (secondary N) is 2. The van der Waals surface area contributed by atoms with Crippen LogP contribution >= 0.6 is 0 Å². The molecule has 6 heterocycles. The van der Waals surface area contributed by atoms with Crippen LogP contribution in [0, 0.1) is 0 Å². The Hall–Kier alpha value is -4.25. The fourth-order valence-electron chi connectivity index (χ4n) is 4.21.